The number of aromatic amines is 1. The zero-order chi connectivity index (χ0) is 12.3. The highest BCUT2D eigenvalue weighted by atomic mass is 16.2. The number of aryl methyl sites for hydroxylation is 1. The van der Waals surface area contributed by atoms with Gasteiger partial charge in [-0.15, -0.1) is 5.10 Å². The first-order chi connectivity index (χ1) is 8.19. The number of carbonyl (C=O) groups excluding carboxylic acids is 1. The van der Waals surface area contributed by atoms with Gasteiger partial charge in [-0.3, -0.25) is 9.89 Å². The van der Waals surface area contributed by atoms with Crippen molar-refractivity contribution in [2.75, 3.05) is 0 Å². The molecule has 0 aliphatic heterocycles. The van der Waals surface area contributed by atoms with E-state index in [2.05, 4.69) is 27.4 Å². The number of rotatable bonds is 3. The highest BCUT2D eigenvalue weighted by molar-refractivity contribution is 5.90. The van der Waals surface area contributed by atoms with Gasteiger partial charge in [-0.2, -0.15) is 0 Å². The van der Waals surface area contributed by atoms with Crippen LogP contribution < -0.4 is 5.32 Å². The Morgan fingerprint density at radius 3 is 2.71 bits per heavy atom. The summed E-state index contributed by atoms with van der Waals surface area (Å²) >= 11 is 0. The number of nitrogens with zero attached hydrogens (tertiary/aromatic N) is 2. The minimum Gasteiger partial charge on any atom is -0.347 e. The van der Waals surface area contributed by atoms with Crippen LogP contribution in [-0.4, -0.2) is 27.1 Å². The van der Waals surface area contributed by atoms with Gasteiger partial charge in [-0.1, -0.05) is 13.8 Å². The third-order valence-corrected chi connectivity index (χ3v) is 3.42. The molecule has 5 heteroatoms. The monoisotopic (exact) mass is 236 g/mol. The predicted octanol–water partition coefficient (Wildman–Crippen LogP) is 1.68. The first kappa shape index (κ1) is 12.1. The molecule has 1 aliphatic rings. The minimum atomic E-state index is -0.152. The van der Waals surface area contributed by atoms with Crippen molar-refractivity contribution in [3.63, 3.8) is 0 Å². The fourth-order valence-corrected chi connectivity index (χ4v) is 2.21. The normalized spacial score (nSPS) is 24.6. The quantitative estimate of drug-likeness (QED) is 0.838. The van der Waals surface area contributed by atoms with E-state index < -0.39 is 0 Å². The summed E-state index contributed by atoms with van der Waals surface area (Å²) in [5, 5.41) is 9.69. The fourth-order valence-electron chi connectivity index (χ4n) is 2.21. The van der Waals surface area contributed by atoms with Crippen molar-refractivity contribution >= 4 is 5.91 Å². The number of carbonyl (C=O) groups is 1. The van der Waals surface area contributed by atoms with Gasteiger partial charge in [0.15, 0.2) is 0 Å². The van der Waals surface area contributed by atoms with E-state index in [-0.39, 0.29) is 11.7 Å². The second-order valence-electron chi connectivity index (χ2n) is 4.89. The summed E-state index contributed by atoms with van der Waals surface area (Å²) in [6.45, 7) is 4.24. The van der Waals surface area contributed by atoms with E-state index in [1.807, 2.05) is 6.92 Å². The van der Waals surface area contributed by atoms with Crippen LogP contribution in [0.2, 0.25) is 0 Å². The number of hydrogen-bond acceptors (Lipinski definition) is 3. The highest BCUT2D eigenvalue weighted by Gasteiger charge is 2.21. The van der Waals surface area contributed by atoms with Crippen molar-refractivity contribution in [1.29, 1.82) is 0 Å². The summed E-state index contributed by atoms with van der Waals surface area (Å²) in [6, 6.07) is 0.294. The topological polar surface area (TPSA) is 70.7 Å². The van der Waals surface area contributed by atoms with Gasteiger partial charge >= 0.3 is 0 Å². The lowest BCUT2D eigenvalue weighted by Gasteiger charge is -2.26. The Bertz CT molecular complexity index is 380. The second-order valence-corrected chi connectivity index (χ2v) is 4.89. The average molecular weight is 236 g/mol. The third kappa shape index (κ3) is 3.05. The molecule has 0 aromatic carbocycles. The second kappa shape index (κ2) is 5.29. The van der Waals surface area contributed by atoms with E-state index in [1.54, 1.807) is 0 Å². The van der Waals surface area contributed by atoms with Crippen molar-refractivity contribution in [2.24, 2.45) is 5.92 Å². The van der Waals surface area contributed by atoms with E-state index in [0.717, 1.165) is 31.0 Å². The van der Waals surface area contributed by atoms with Crippen LogP contribution in [0.4, 0.5) is 0 Å². The lowest BCUT2D eigenvalue weighted by atomic mass is 9.87. The van der Waals surface area contributed by atoms with Gasteiger partial charge in [0, 0.05) is 12.5 Å². The van der Waals surface area contributed by atoms with E-state index in [0.29, 0.717) is 6.04 Å². The molecule has 1 fully saturated rings. The summed E-state index contributed by atoms with van der Waals surface area (Å²) in [5.74, 6) is 1.66. The minimum absolute atomic E-state index is 0.152. The lowest BCUT2D eigenvalue weighted by molar-refractivity contribution is 0.0912. The Balaban J connectivity index is 1.88. The van der Waals surface area contributed by atoms with Gasteiger partial charge in [0.25, 0.3) is 5.91 Å². The summed E-state index contributed by atoms with van der Waals surface area (Å²) in [4.78, 5) is 16.0. The molecule has 1 heterocycles. The molecule has 1 saturated carbocycles. The largest absolute Gasteiger partial charge is 0.347 e. The van der Waals surface area contributed by atoms with E-state index in [9.17, 15) is 4.79 Å². The number of nitrogens with one attached hydrogen (secondary N) is 2. The Morgan fingerprint density at radius 2 is 2.12 bits per heavy atom. The SMILES string of the molecule is CCc1nc(C(=O)NC2CCC(C)CC2)n[nH]1. The maximum Gasteiger partial charge on any atom is 0.291 e. The molecular formula is C12H20N4O. The number of H-pyrrole nitrogens is 1. The molecule has 2 rings (SSSR count). The standard InChI is InChI=1S/C12H20N4O/c1-3-10-14-11(16-15-10)12(17)13-9-6-4-8(2)5-7-9/h8-9H,3-7H2,1-2H3,(H,13,17)(H,14,15,16). The molecule has 1 aliphatic carbocycles. The van der Waals surface area contributed by atoms with Gasteiger partial charge in [-0.05, 0) is 31.6 Å². The summed E-state index contributed by atoms with van der Waals surface area (Å²) in [5.41, 5.74) is 0. The first-order valence-corrected chi connectivity index (χ1v) is 6.41. The zero-order valence-electron chi connectivity index (χ0n) is 10.5. The molecular weight excluding hydrogens is 216 g/mol. The number of hydrogen-bond donors (Lipinski definition) is 2. The van der Waals surface area contributed by atoms with Crippen LogP contribution in [0.1, 0.15) is 56.0 Å². The Hall–Kier alpha value is -1.39. The molecule has 2 N–H and O–H groups in total. The number of amides is 1. The molecule has 0 saturated heterocycles. The van der Waals surface area contributed by atoms with Gasteiger partial charge in [0.2, 0.25) is 5.82 Å². The third-order valence-electron chi connectivity index (χ3n) is 3.42. The zero-order valence-corrected chi connectivity index (χ0v) is 10.5. The number of aromatic nitrogens is 3. The molecule has 0 bridgehead atoms. The van der Waals surface area contributed by atoms with Crippen LogP contribution in [0.25, 0.3) is 0 Å². The summed E-state index contributed by atoms with van der Waals surface area (Å²) < 4.78 is 0. The first-order valence-electron chi connectivity index (χ1n) is 6.41. The van der Waals surface area contributed by atoms with E-state index >= 15 is 0 Å². The van der Waals surface area contributed by atoms with Crippen molar-refractivity contribution in [3.05, 3.63) is 11.6 Å². The molecule has 0 spiro atoms. The van der Waals surface area contributed by atoms with Crippen molar-refractivity contribution < 1.29 is 4.79 Å². The lowest BCUT2D eigenvalue weighted by Crippen LogP contribution is -2.37. The highest BCUT2D eigenvalue weighted by Crippen LogP contribution is 2.23. The van der Waals surface area contributed by atoms with Gasteiger partial charge in [0.05, 0.1) is 0 Å². The molecule has 1 amide bonds. The fraction of sp³-hybridized carbons (Fsp3) is 0.750. The smallest absolute Gasteiger partial charge is 0.291 e. The molecule has 5 nitrogen and oxygen atoms in total. The molecule has 0 atom stereocenters. The Morgan fingerprint density at radius 1 is 1.41 bits per heavy atom. The molecule has 17 heavy (non-hydrogen) atoms. The van der Waals surface area contributed by atoms with Crippen LogP contribution >= 0.6 is 0 Å². The molecule has 94 valence electrons. The maximum atomic E-state index is 11.9. The Labute approximate surface area is 101 Å². The van der Waals surface area contributed by atoms with Crippen molar-refractivity contribution in [2.45, 2.75) is 52.0 Å². The van der Waals surface area contributed by atoms with E-state index in [1.165, 1.54) is 12.8 Å². The summed E-state index contributed by atoms with van der Waals surface area (Å²) in [7, 11) is 0. The van der Waals surface area contributed by atoms with Crippen LogP contribution in [0, 0.1) is 5.92 Å². The van der Waals surface area contributed by atoms with Gasteiger partial charge < -0.3 is 5.32 Å². The van der Waals surface area contributed by atoms with Crippen LogP contribution in [0.5, 0.6) is 0 Å². The van der Waals surface area contributed by atoms with Crippen molar-refractivity contribution in [1.82, 2.24) is 20.5 Å². The predicted molar refractivity (Wildman–Crippen MR) is 64.6 cm³/mol. The van der Waals surface area contributed by atoms with Crippen LogP contribution in [0.15, 0.2) is 0 Å². The summed E-state index contributed by atoms with van der Waals surface area (Å²) in [6.07, 6.45) is 5.29. The average Bonchev–Trinajstić information content (AvgIpc) is 2.81. The van der Waals surface area contributed by atoms with Crippen LogP contribution in [0.3, 0.4) is 0 Å². The maximum absolute atomic E-state index is 11.9. The molecule has 0 unspecified atom stereocenters. The molecule has 1 aromatic heterocycles. The van der Waals surface area contributed by atoms with Gasteiger partial charge in [-0.25, -0.2) is 4.98 Å². The molecule has 1 aromatic rings. The molecule has 0 radical (unpaired) electrons. The Kier molecular flexibility index (Phi) is 3.76. The van der Waals surface area contributed by atoms with Crippen LogP contribution in [-0.2, 0) is 6.42 Å². The van der Waals surface area contributed by atoms with Crippen molar-refractivity contribution in [3.8, 4) is 0 Å². The van der Waals surface area contributed by atoms with Gasteiger partial charge in [0.1, 0.15) is 5.82 Å². The van der Waals surface area contributed by atoms with E-state index in [4.69, 9.17) is 0 Å².